The quantitative estimate of drug-likeness (QED) is 0.143. The van der Waals surface area contributed by atoms with Crippen LogP contribution in [0.3, 0.4) is 0 Å². The van der Waals surface area contributed by atoms with Crippen LogP contribution in [0, 0.1) is 16.0 Å². The Morgan fingerprint density at radius 2 is 1.35 bits per heavy atom. The summed E-state index contributed by atoms with van der Waals surface area (Å²) in [6.45, 7) is 0. The van der Waals surface area contributed by atoms with Crippen molar-refractivity contribution >= 4 is 17.7 Å². The molecule has 0 radical (unpaired) electrons. The molecule has 0 saturated heterocycles. The van der Waals surface area contributed by atoms with Crippen LogP contribution in [0.15, 0.2) is 120 Å². The van der Waals surface area contributed by atoms with Crippen LogP contribution in [0.25, 0.3) is 0 Å². The van der Waals surface area contributed by atoms with Gasteiger partial charge in [0.1, 0.15) is 0 Å². The highest BCUT2D eigenvalue weighted by molar-refractivity contribution is 7.94. The Morgan fingerprint density at radius 1 is 0.824 bits per heavy atom. The van der Waals surface area contributed by atoms with E-state index in [0.717, 1.165) is 23.3 Å². The molecule has 1 saturated carbocycles. The van der Waals surface area contributed by atoms with Gasteiger partial charge in [-0.1, -0.05) is 91.0 Å². The molecule has 1 aliphatic rings. The first-order valence-electron chi connectivity index (χ1n) is 11.4. The van der Waals surface area contributed by atoms with Gasteiger partial charge in [-0.25, -0.2) is 0 Å². The molecule has 0 aliphatic heterocycles. The van der Waals surface area contributed by atoms with Crippen LogP contribution < -0.4 is 0 Å². The minimum absolute atomic E-state index is 0.00304. The number of nitro groups is 1. The Bertz CT molecular complexity index is 1190. The van der Waals surface area contributed by atoms with E-state index in [0.29, 0.717) is 5.92 Å². The van der Waals surface area contributed by atoms with Gasteiger partial charge in [0.15, 0.2) is 0 Å². The molecule has 0 N–H and O–H groups in total. The van der Waals surface area contributed by atoms with Crippen LogP contribution >= 0.6 is 12.0 Å². The van der Waals surface area contributed by atoms with Gasteiger partial charge in [-0.3, -0.25) is 10.1 Å². The van der Waals surface area contributed by atoms with E-state index in [1.165, 1.54) is 35.3 Å². The summed E-state index contributed by atoms with van der Waals surface area (Å²) in [4.78, 5) is 11.4. The zero-order chi connectivity index (χ0) is 23.4. The molecule has 0 aromatic heterocycles. The average Bonchev–Trinajstić information content (AvgIpc) is 3.63. The maximum Gasteiger partial charge on any atom is 0.269 e. The lowest BCUT2D eigenvalue weighted by Crippen LogP contribution is -2.14. The van der Waals surface area contributed by atoms with Gasteiger partial charge < -0.3 is 4.18 Å². The Hall–Kier alpha value is -3.41. The minimum Gasteiger partial charge on any atom is -0.302 e. The molecular formula is C29H25NO3S. The molecule has 2 atom stereocenters. The highest BCUT2D eigenvalue weighted by atomic mass is 32.2. The fourth-order valence-electron chi connectivity index (χ4n) is 4.85. The molecule has 1 fully saturated rings. The highest BCUT2D eigenvalue weighted by Gasteiger charge is 2.56. The molecule has 34 heavy (non-hydrogen) atoms. The average molecular weight is 468 g/mol. The van der Waals surface area contributed by atoms with Crippen molar-refractivity contribution in [2.45, 2.75) is 29.3 Å². The van der Waals surface area contributed by atoms with E-state index in [2.05, 4.69) is 72.8 Å². The van der Waals surface area contributed by atoms with Gasteiger partial charge in [-0.05, 0) is 47.6 Å². The molecule has 5 heteroatoms. The van der Waals surface area contributed by atoms with Crippen molar-refractivity contribution in [1.82, 2.24) is 0 Å². The molecule has 0 bridgehead atoms. The second-order valence-corrected chi connectivity index (χ2v) is 9.50. The Kier molecular flexibility index (Phi) is 6.48. The SMILES string of the molecule is O=[N+]([O-])c1ccc(SOC(CC2CC2(c2ccccc2)c2ccccc2)c2ccccc2)cc1. The molecule has 170 valence electrons. The minimum atomic E-state index is -0.387. The summed E-state index contributed by atoms with van der Waals surface area (Å²) in [5, 5.41) is 11.0. The molecule has 4 nitrogen and oxygen atoms in total. The third-order valence-electron chi connectivity index (χ3n) is 6.66. The number of non-ortho nitro benzene ring substituents is 1. The molecule has 0 heterocycles. The first kappa shape index (κ1) is 22.4. The lowest BCUT2D eigenvalue weighted by Gasteiger charge is -2.22. The molecule has 4 aromatic rings. The molecule has 2 unspecified atom stereocenters. The van der Waals surface area contributed by atoms with E-state index in [1.807, 2.05) is 18.2 Å². The largest absolute Gasteiger partial charge is 0.302 e. The summed E-state index contributed by atoms with van der Waals surface area (Å²) in [5.74, 6) is 0.444. The molecule has 0 amide bonds. The third-order valence-corrected chi connectivity index (χ3v) is 7.45. The van der Waals surface area contributed by atoms with Crippen LogP contribution in [0.2, 0.25) is 0 Å². The first-order chi connectivity index (χ1) is 16.7. The maximum atomic E-state index is 11.0. The van der Waals surface area contributed by atoms with E-state index >= 15 is 0 Å². The Labute approximate surface area is 204 Å². The van der Waals surface area contributed by atoms with Gasteiger partial charge in [-0.15, -0.1) is 0 Å². The normalized spacial score (nSPS) is 17.1. The van der Waals surface area contributed by atoms with E-state index < -0.39 is 0 Å². The predicted octanol–water partition coefficient (Wildman–Crippen LogP) is 7.76. The van der Waals surface area contributed by atoms with E-state index in [1.54, 1.807) is 12.1 Å². The van der Waals surface area contributed by atoms with E-state index in [-0.39, 0.29) is 22.1 Å². The topological polar surface area (TPSA) is 52.4 Å². The van der Waals surface area contributed by atoms with Gasteiger partial charge in [0.25, 0.3) is 5.69 Å². The highest BCUT2D eigenvalue weighted by Crippen LogP contribution is 2.62. The fourth-order valence-corrected chi connectivity index (χ4v) is 5.52. The van der Waals surface area contributed by atoms with Gasteiger partial charge >= 0.3 is 0 Å². The number of benzene rings is 4. The van der Waals surface area contributed by atoms with Crippen molar-refractivity contribution in [3.8, 4) is 0 Å². The van der Waals surface area contributed by atoms with E-state index in [4.69, 9.17) is 4.18 Å². The summed E-state index contributed by atoms with van der Waals surface area (Å²) < 4.78 is 6.38. The zero-order valence-corrected chi connectivity index (χ0v) is 19.4. The van der Waals surface area contributed by atoms with Crippen LogP contribution in [-0.4, -0.2) is 4.92 Å². The van der Waals surface area contributed by atoms with Crippen LogP contribution in [0.4, 0.5) is 5.69 Å². The van der Waals surface area contributed by atoms with Gasteiger partial charge in [0.2, 0.25) is 0 Å². The van der Waals surface area contributed by atoms with Crippen LogP contribution in [-0.2, 0) is 9.60 Å². The predicted molar refractivity (Wildman–Crippen MR) is 136 cm³/mol. The van der Waals surface area contributed by atoms with Crippen molar-refractivity contribution in [3.05, 3.63) is 142 Å². The molecule has 1 aliphatic carbocycles. The monoisotopic (exact) mass is 467 g/mol. The maximum absolute atomic E-state index is 11.0. The lowest BCUT2D eigenvalue weighted by molar-refractivity contribution is -0.384. The van der Waals surface area contributed by atoms with Gasteiger partial charge in [-0.2, -0.15) is 0 Å². The van der Waals surface area contributed by atoms with Crippen molar-refractivity contribution < 1.29 is 9.11 Å². The molecule has 0 spiro atoms. The number of nitro benzene ring substituents is 1. The van der Waals surface area contributed by atoms with Gasteiger partial charge in [0, 0.05) is 34.5 Å². The van der Waals surface area contributed by atoms with Crippen molar-refractivity contribution in [2.75, 3.05) is 0 Å². The smallest absolute Gasteiger partial charge is 0.269 e. The summed E-state index contributed by atoms with van der Waals surface area (Å²) >= 11 is 1.28. The summed E-state index contributed by atoms with van der Waals surface area (Å²) in [5.41, 5.74) is 3.91. The lowest BCUT2D eigenvalue weighted by atomic mass is 9.84. The van der Waals surface area contributed by atoms with Crippen molar-refractivity contribution in [3.63, 3.8) is 0 Å². The molecule has 4 aromatic carbocycles. The standard InChI is InChI=1S/C29H25NO3S/c31-30(32)26-16-18-27(19-17-26)34-33-28(22-10-4-1-5-11-22)20-25-21-29(25,23-12-6-2-7-13-23)24-14-8-3-9-15-24/h1-19,25,28H,20-21H2. The number of hydrogen-bond donors (Lipinski definition) is 0. The number of nitrogens with zero attached hydrogens (tertiary/aromatic N) is 1. The zero-order valence-electron chi connectivity index (χ0n) is 18.6. The Balaban J connectivity index is 1.39. The fraction of sp³-hybridized carbons (Fsp3) is 0.172. The molecular weight excluding hydrogens is 442 g/mol. The second kappa shape index (κ2) is 9.84. The number of hydrogen-bond acceptors (Lipinski definition) is 4. The van der Waals surface area contributed by atoms with Crippen LogP contribution in [0.1, 0.15) is 35.6 Å². The van der Waals surface area contributed by atoms with Crippen molar-refractivity contribution in [2.24, 2.45) is 5.92 Å². The number of rotatable bonds is 9. The second-order valence-electron chi connectivity index (χ2n) is 8.67. The summed E-state index contributed by atoms with van der Waals surface area (Å²) in [7, 11) is 0. The summed E-state index contributed by atoms with van der Waals surface area (Å²) in [6.07, 6.45) is 1.87. The first-order valence-corrected chi connectivity index (χ1v) is 12.1. The van der Waals surface area contributed by atoms with Crippen LogP contribution in [0.5, 0.6) is 0 Å². The third kappa shape index (κ3) is 4.63. The Morgan fingerprint density at radius 3 is 1.88 bits per heavy atom. The molecule has 5 rings (SSSR count). The summed E-state index contributed by atoms with van der Waals surface area (Å²) in [6, 6.07) is 38.3. The van der Waals surface area contributed by atoms with E-state index in [9.17, 15) is 10.1 Å². The van der Waals surface area contributed by atoms with Crippen molar-refractivity contribution in [1.29, 1.82) is 0 Å². The van der Waals surface area contributed by atoms with Gasteiger partial charge in [0.05, 0.1) is 11.0 Å².